The third-order valence-electron chi connectivity index (χ3n) is 4.14. The minimum absolute atomic E-state index is 0.0534. The van der Waals surface area contributed by atoms with Crippen molar-refractivity contribution in [3.63, 3.8) is 0 Å². The smallest absolute Gasteiger partial charge is 0.255 e. The molecule has 1 saturated heterocycles. The Morgan fingerprint density at radius 1 is 1.33 bits per heavy atom. The van der Waals surface area contributed by atoms with Crippen LogP contribution in [-0.2, 0) is 0 Å². The van der Waals surface area contributed by atoms with Crippen molar-refractivity contribution in [2.75, 3.05) is 13.1 Å². The molecule has 2 heterocycles. The second kappa shape index (κ2) is 5.45. The van der Waals surface area contributed by atoms with E-state index in [4.69, 9.17) is 5.73 Å². The van der Waals surface area contributed by atoms with Crippen LogP contribution < -0.4 is 5.73 Å². The number of nitrogens with zero attached hydrogens (tertiary/aromatic N) is 2. The van der Waals surface area contributed by atoms with Gasteiger partial charge in [0.1, 0.15) is 0 Å². The maximum Gasteiger partial charge on any atom is 0.255 e. The Morgan fingerprint density at radius 2 is 2.14 bits per heavy atom. The Labute approximate surface area is 125 Å². The van der Waals surface area contributed by atoms with Gasteiger partial charge in [-0.25, -0.2) is 0 Å². The number of carbonyl (C=O) groups excluding carboxylic acids is 1. The first-order chi connectivity index (χ1) is 10.0. The molecule has 1 atom stereocenters. The van der Waals surface area contributed by atoms with Crippen molar-refractivity contribution >= 4 is 16.8 Å². The molecule has 4 heteroatoms. The lowest BCUT2D eigenvalue weighted by Crippen LogP contribution is -2.45. The van der Waals surface area contributed by atoms with Gasteiger partial charge >= 0.3 is 0 Å². The molecule has 1 amide bonds. The van der Waals surface area contributed by atoms with Gasteiger partial charge < -0.3 is 10.6 Å². The zero-order chi connectivity index (χ0) is 15.0. The minimum Gasteiger partial charge on any atom is -0.337 e. The summed E-state index contributed by atoms with van der Waals surface area (Å²) in [6.07, 6.45) is 1.98. The van der Waals surface area contributed by atoms with Crippen molar-refractivity contribution < 1.29 is 4.79 Å². The predicted octanol–water partition coefficient (Wildman–Crippen LogP) is 2.41. The second-order valence-corrected chi connectivity index (χ2v) is 5.97. The van der Waals surface area contributed by atoms with Gasteiger partial charge in [-0.2, -0.15) is 0 Å². The SMILES string of the molecule is Cc1ccc2cc(C(=O)N3CCC[C@H](N)C3)c(C)nc2c1. The van der Waals surface area contributed by atoms with Gasteiger partial charge in [-0.1, -0.05) is 12.1 Å². The van der Waals surface area contributed by atoms with Crippen LogP contribution in [0.5, 0.6) is 0 Å². The number of aryl methyl sites for hydroxylation is 2. The third-order valence-corrected chi connectivity index (χ3v) is 4.14. The molecule has 0 aliphatic carbocycles. The number of benzene rings is 1. The fourth-order valence-electron chi connectivity index (χ4n) is 2.95. The van der Waals surface area contributed by atoms with Gasteiger partial charge in [-0.15, -0.1) is 0 Å². The lowest BCUT2D eigenvalue weighted by atomic mass is 10.0. The molecular formula is C17H21N3O. The van der Waals surface area contributed by atoms with Crippen LogP contribution in [0.4, 0.5) is 0 Å². The average Bonchev–Trinajstić information content (AvgIpc) is 2.45. The summed E-state index contributed by atoms with van der Waals surface area (Å²) >= 11 is 0. The molecule has 1 aliphatic heterocycles. The quantitative estimate of drug-likeness (QED) is 0.874. The molecule has 1 aliphatic rings. The van der Waals surface area contributed by atoms with Gasteiger partial charge in [0.05, 0.1) is 16.8 Å². The minimum atomic E-state index is 0.0534. The fraction of sp³-hybridized carbons (Fsp3) is 0.412. The van der Waals surface area contributed by atoms with Crippen LogP contribution in [-0.4, -0.2) is 34.9 Å². The van der Waals surface area contributed by atoms with E-state index in [1.807, 2.05) is 43.0 Å². The molecule has 1 aromatic carbocycles. The largest absolute Gasteiger partial charge is 0.337 e. The summed E-state index contributed by atoms with van der Waals surface area (Å²) in [5.74, 6) is 0.0534. The summed E-state index contributed by atoms with van der Waals surface area (Å²) in [4.78, 5) is 19.2. The number of hydrogen-bond donors (Lipinski definition) is 1. The van der Waals surface area contributed by atoms with Crippen LogP contribution in [0.1, 0.15) is 34.5 Å². The summed E-state index contributed by atoms with van der Waals surface area (Å²) in [6.45, 7) is 5.38. The Kier molecular flexibility index (Phi) is 3.64. The number of fused-ring (bicyclic) bond motifs is 1. The first-order valence-corrected chi connectivity index (χ1v) is 7.47. The van der Waals surface area contributed by atoms with E-state index in [0.29, 0.717) is 12.1 Å². The van der Waals surface area contributed by atoms with Crippen molar-refractivity contribution in [1.82, 2.24) is 9.88 Å². The summed E-state index contributed by atoms with van der Waals surface area (Å²) < 4.78 is 0. The van der Waals surface area contributed by atoms with Gasteiger partial charge in [0, 0.05) is 24.5 Å². The number of carbonyl (C=O) groups is 1. The van der Waals surface area contributed by atoms with E-state index in [1.165, 1.54) is 5.56 Å². The molecular weight excluding hydrogens is 262 g/mol. The van der Waals surface area contributed by atoms with Gasteiger partial charge in [-0.3, -0.25) is 9.78 Å². The highest BCUT2D eigenvalue weighted by Crippen LogP contribution is 2.20. The molecule has 21 heavy (non-hydrogen) atoms. The molecule has 110 valence electrons. The van der Waals surface area contributed by atoms with Crippen LogP contribution in [0, 0.1) is 13.8 Å². The Bertz CT molecular complexity index is 696. The lowest BCUT2D eigenvalue weighted by molar-refractivity contribution is 0.0708. The highest BCUT2D eigenvalue weighted by Gasteiger charge is 2.24. The summed E-state index contributed by atoms with van der Waals surface area (Å²) in [5, 5.41) is 1.01. The Balaban J connectivity index is 1.97. The number of rotatable bonds is 1. The van der Waals surface area contributed by atoms with Crippen LogP contribution in [0.2, 0.25) is 0 Å². The van der Waals surface area contributed by atoms with E-state index >= 15 is 0 Å². The third kappa shape index (κ3) is 2.76. The lowest BCUT2D eigenvalue weighted by Gasteiger charge is -2.31. The molecule has 1 fully saturated rings. The molecule has 0 radical (unpaired) electrons. The summed E-state index contributed by atoms with van der Waals surface area (Å²) in [5.41, 5.74) is 9.58. The van der Waals surface area contributed by atoms with E-state index in [2.05, 4.69) is 4.98 Å². The second-order valence-electron chi connectivity index (χ2n) is 5.97. The molecule has 0 unspecified atom stereocenters. The van der Waals surface area contributed by atoms with Crippen LogP contribution in [0.15, 0.2) is 24.3 Å². The van der Waals surface area contributed by atoms with Gasteiger partial charge in [-0.05, 0) is 44.4 Å². The van der Waals surface area contributed by atoms with Crippen molar-refractivity contribution in [2.24, 2.45) is 5.73 Å². The number of likely N-dealkylation sites (tertiary alicyclic amines) is 1. The molecule has 0 spiro atoms. The number of nitrogens with two attached hydrogens (primary N) is 1. The standard InChI is InChI=1S/C17H21N3O/c1-11-5-6-13-9-15(12(2)19-16(13)8-11)17(21)20-7-3-4-14(18)10-20/h5-6,8-9,14H,3-4,7,10,18H2,1-2H3/t14-/m0/s1. The van der Waals surface area contributed by atoms with Gasteiger partial charge in [0.2, 0.25) is 0 Å². The summed E-state index contributed by atoms with van der Waals surface area (Å²) in [6, 6.07) is 8.17. The van der Waals surface area contributed by atoms with E-state index in [1.54, 1.807) is 0 Å². The number of amides is 1. The normalized spacial score (nSPS) is 19.0. The molecule has 4 nitrogen and oxygen atoms in total. The maximum absolute atomic E-state index is 12.7. The van der Waals surface area contributed by atoms with Crippen molar-refractivity contribution in [1.29, 1.82) is 0 Å². The van der Waals surface area contributed by atoms with Gasteiger partial charge in [0.25, 0.3) is 5.91 Å². The first kappa shape index (κ1) is 14.0. The molecule has 3 rings (SSSR count). The van der Waals surface area contributed by atoms with Crippen LogP contribution >= 0.6 is 0 Å². The highest BCUT2D eigenvalue weighted by atomic mass is 16.2. The van der Waals surface area contributed by atoms with Crippen molar-refractivity contribution in [2.45, 2.75) is 32.7 Å². The molecule has 2 N–H and O–H groups in total. The van der Waals surface area contributed by atoms with Crippen LogP contribution in [0.3, 0.4) is 0 Å². The van der Waals surface area contributed by atoms with E-state index in [9.17, 15) is 4.79 Å². The monoisotopic (exact) mass is 283 g/mol. The molecule has 0 bridgehead atoms. The number of aromatic nitrogens is 1. The zero-order valence-corrected chi connectivity index (χ0v) is 12.6. The van der Waals surface area contributed by atoms with Crippen molar-refractivity contribution in [3.05, 3.63) is 41.1 Å². The molecule has 0 saturated carbocycles. The first-order valence-electron chi connectivity index (χ1n) is 7.47. The maximum atomic E-state index is 12.7. The van der Waals surface area contributed by atoms with E-state index in [0.717, 1.165) is 36.0 Å². The summed E-state index contributed by atoms with van der Waals surface area (Å²) in [7, 11) is 0. The van der Waals surface area contributed by atoms with E-state index < -0.39 is 0 Å². The van der Waals surface area contributed by atoms with Gasteiger partial charge in [0.15, 0.2) is 0 Å². The Hall–Kier alpha value is -1.94. The number of hydrogen-bond acceptors (Lipinski definition) is 3. The predicted molar refractivity (Wildman–Crippen MR) is 84.3 cm³/mol. The highest BCUT2D eigenvalue weighted by molar-refractivity contribution is 5.98. The number of pyridine rings is 1. The molecule has 1 aromatic heterocycles. The average molecular weight is 283 g/mol. The fourth-order valence-corrected chi connectivity index (χ4v) is 2.95. The van der Waals surface area contributed by atoms with E-state index in [-0.39, 0.29) is 11.9 Å². The van der Waals surface area contributed by atoms with Crippen LogP contribution in [0.25, 0.3) is 10.9 Å². The number of piperidine rings is 1. The molecule has 2 aromatic rings. The van der Waals surface area contributed by atoms with Crippen molar-refractivity contribution in [3.8, 4) is 0 Å². The topological polar surface area (TPSA) is 59.2 Å². The zero-order valence-electron chi connectivity index (χ0n) is 12.6. The Morgan fingerprint density at radius 3 is 2.90 bits per heavy atom.